The maximum Gasteiger partial charge on any atom is 0.248 e. The molecule has 0 bridgehead atoms. The van der Waals surface area contributed by atoms with Crippen molar-refractivity contribution in [3.63, 3.8) is 0 Å². The molecule has 0 aromatic carbocycles. The van der Waals surface area contributed by atoms with E-state index in [9.17, 15) is 4.79 Å². The topological polar surface area (TPSA) is 53.0 Å². The molecule has 2 aliphatic heterocycles. The number of hydrogen-bond donors (Lipinski definition) is 1. The molecule has 2 heterocycles. The van der Waals surface area contributed by atoms with Gasteiger partial charge in [0, 0.05) is 19.1 Å². The number of likely N-dealkylation sites (tertiary alicyclic amines) is 1. The molecule has 2 aliphatic rings. The number of morpholine rings is 1. The summed E-state index contributed by atoms with van der Waals surface area (Å²) in [6.45, 7) is 2.69. The second kappa shape index (κ2) is 5.12. The first-order valence-electron chi connectivity index (χ1n) is 5.91. The monoisotopic (exact) mass is 228 g/mol. The van der Waals surface area contributed by atoms with Crippen molar-refractivity contribution in [1.82, 2.24) is 9.80 Å². The third-order valence-electron chi connectivity index (χ3n) is 3.41. The SMILES string of the molecule is CN1CCCC(N2CC(CO)OCC2=O)C1. The molecule has 5 nitrogen and oxygen atoms in total. The summed E-state index contributed by atoms with van der Waals surface area (Å²) in [5.41, 5.74) is 0. The van der Waals surface area contributed by atoms with Crippen molar-refractivity contribution in [2.75, 3.05) is 39.9 Å². The average molecular weight is 228 g/mol. The first kappa shape index (κ1) is 11.8. The number of carbonyl (C=O) groups is 1. The minimum absolute atomic E-state index is 0.00760. The van der Waals surface area contributed by atoms with E-state index in [1.807, 2.05) is 4.90 Å². The molecule has 92 valence electrons. The summed E-state index contributed by atoms with van der Waals surface area (Å²) >= 11 is 0. The number of aliphatic hydroxyl groups is 1. The molecule has 2 rings (SSSR count). The minimum atomic E-state index is -0.204. The second-order valence-corrected chi connectivity index (χ2v) is 4.72. The summed E-state index contributed by atoms with van der Waals surface area (Å²) in [5, 5.41) is 9.07. The Balaban J connectivity index is 1.97. The van der Waals surface area contributed by atoms with E-state index < -0.39 is 0 Å². The Morgan fingerprint density at radius 1 is 1.50 bits per heavy atom. The van der Waals surface area contributed by atoms with Gasteiger partial charge in [0.15, 0.2) is 0 Å². The van der Waals surface area contributed by atoms with Crippen LogP contribution in [0.25, 0.3) is 0 Å². The van der Waals surface area contributed by atoms with Crippen LogP contribution < -0.4 is 0 Å². The van der Waals surface area contributed by atoms with Crippen molar-refractivity contribution in [1.29, 1.82) is 0 Å². The molecule has 0 aromatic rings. The highest BCUT2D eigenvalue weighted by Crippen LogP contribution is 2.18. The molecule has 2 unspecified atom stereocenters. The van der Waals surface area contributed by atoms with E-state index in [1.54, 1.807) is 0 Å². The van der Waals surface area contributed by atoms with Crippen LogP contribution in [0.3, 0.4) is 0 Å². The molecule has 0 saturated carbocycles. The van der Waals surface area contributed by atoms with Gasteiger partial charge < -0.3 is 19.6 Å². The smallest absolute Gasteiger partial charge is 0.248 e. The number of piperidine rings is 1. The highest BCUT2D eigenvalue weighted by Gasteiger charge is 2.32. The van der Waals surface area contributed by atoms with Crippen molar-refractivity contribution >= 4 is 5.91 Å². The van der Waals surface area contributed by atoms with Crippen molar-refractivity contribution in [3.05, 3.63) is 0 Å². The second-order valence-electron chi connectivity index (χ2n) is 4.72. The Morgan fingerprint density at radius 2 is 2.31 bits per heavy atom. The van der Waals surface area contributed by atoms with E-state index in [-0.39, 0.29) is 25.2 Å². The Kier molecular flexibility index (Phi) is 3.78. The van der Waals surface area contributed by atoms with E-state index in [0.29, 0.717) is 12.6 Å². The third kappa shape index (κ3) is 2.53. The molecule has 2 fully saturated rings. The standard InChI is InChI=1S/C11H20N2O3/c1-12-4-2-3-9(5-12)13-6-10(7-14)16-8-11(13)15/h9-10,14H,2-8H2,1H3. The van der Waals surface area contributed by atoms with Gasteiger partial charge in [-0.2, -0.15) is 0 Å². The van der Waals surface area contributed by atoms with Gasteiger partial charge in [0.05, 0.1) is 12.7 Å². The largest absolute Gasteiger partial charge is 0.394 e. The van der Waals surface area contributed by atoms with Crippen LogP contribution in [-0.2, 0) is 9.53 Å². The molecule has 0 spiro atoms. The number of likely N-dealkylation sites (N-methyl/N-ethyl adjacent to an activating group) is 1. The van der Waals surface area contributed by atoms with Crippen LogP contribution in [-0.4, -0.2) is 72.9 Å². The normalized spacial score (nSPS) is 33.1. The van der Waals surface area contributed by atoms with Gasteiger partial charge in [-0.1, -0.05) is 0 Å². The van der Waals surface area contributed by atoms with Crippen LogP contribution in [0.15, 0.2) is 0 Å². The highest BCUT2D eigenvalue weighted by molar-refractivity contribution is 5.78. The summed E-state index contributed by atoms with van der Waals surface area (Å²) < 4.78 is 5.23. The van der Waals surface area contributed by atoms with Gasteiger partial charge in [-0.25, -0.2) is 0 Å². The zero-order chi connectivity index (χ0) is 11.5. The maximum atomic E-state index is 11.8. The molecule has 16 heavy (non-hydrogen) atoms. The molecule has 1 amide bonds. The van der Waals surface area contributed by atoms with Gasteiger partial charge in [0.25, 0.3) is 0 Å². The lowest BCUT2D eigenvalue weighted by Crippen LogP contribution is -2.56. The van der Waals surface area contributed by atoms with Crippen LogP contribution in [0.1, 0.15) is 12.8 Å². The first-order chi connectivity index (χ1) is 7.70. The van der Waals surface area contributed by atoms with E-state index in [1.165, 1.54) is 0 Å². The quantitative estimate of drug-likeness (QED) is 0.679. The van der Waals surface area contributed by atoms with Crippen molar-refractivity contribution in [2.45, 2.75) is 25.0 Å². The van der Waals surface area contributed by atoms with E-state index >= 15 is 0 Å². The summed E-state index contributed by atoms with van der Waals surface area (Å²) in [7, 11) is 2.08. The third-order valence-corrected chi connectivity index (χ3v) is 3.41. The lowest BCUT2D eigenvalue weighted by molar-refractivity contribution is -0.156. The predicted molar refractivity (Wildman–Crippen MR) is 59.1 cm³/mol. The van der Waals surface area contributed by atoms with Gasteiger partial charge in [0.1, 0.15) is 6.61 Å². The Morgan fingerprint density at radius 3 is 3.00 bits per heavy atom. The van der Waals surface area contributed by atoms with E-state index in [0.717, 1.165) is 25.9 Å². The van der Waals surface area contributed by atoms with Crippen LogP contribution in [0, 0.1) is 0 Å². The van der Waals surface area contributed by atoms with Gasteiger partial charge in [-0.3, -0.25) is 4.79 Å². The predicted octanol–water partition coefficient (Wildman–Crippen LogP) is -0.700. The van der Waals surface area contributed by atoms with Gasteiger partial charge in [-0.05, 0) is 26.4 Å². The van der Waals surface area contributed by atoms with Crippen molar-refractivity contribution in [3.8, 4) is 0 Å². The molecular weight excluding hydrogens is 208 g/mol. The van der Waals surface area contributed by atoms with Crippen molar-refractivity contribution in [2.24, 2.45) is 0 Å². The van der Waals surface area contributed by atoms with Crippen molar-refractivity contribution < 1.29 is 14.6 Å². The maximum absolute atomic E-state index is 11.8. The number of hydrogen-bond acceptors (Lipinski definition) is 4. The number of aliphatic hydroxyl groups excluding tert-OH is 1. The number of amides is 1. The number of ether oxygens (including phenoxy) is 1. The number of nitrogens with zero attached hydrogens (tertiary/aromatic N) is 2. The van der Waals surface area contributed by atoms with E-state index in [2.05, 4.69) is 11.9 Å². The molecule has 0 radical (unpaired) electrons. The summed E-state index contributed by atoms with van der Waals surface area (Å²) in [6, 6.07) is 0.296. The molecular formula is C11H20N2O3. The molecule has 5 heteroatoms. The van der Waals surface area contributed by atoms with Gasteiger partial charge in [0.2, 0.25) is 5.91 Å². The fourth-order valence-electron chi connectivity index (χ4n) is 2.50. The Labute approximate surface area is 96.0 Å². The number of carbonyl (C=O) groups excluding carboxylic acids is 1. The fourth-order valence-corrected chi connectivity index (χ4v) is 2.50. The fraction of sp³-hybridized carbons (Fsp3) is 0.909. The number of rotatable bonds is 2. The molecule has 2 atom stereocenters. The molecule has 1 N–H and O–H groups in total. The minimum Gasteiger partial charge on any atom is -0.394 e. The van der Waals surface area contributed by atoms with Crippen LogP contribution in [0.4, 0.5) is 0 Å². The van der Waals surface area contributed by atoms with Gasteiger partial charge in [-0.15, -0.1) is 0 Å². The molecule has 0 aromatic heterocycles. The zero-order valence-electron chi connectivity index (χ0n) is 9.76. The summed E-state index contributed by atoms with van der Waals surface area (Å²) in [6.07, 6.45) is 1.99. The Bertz CT molecular complexity index is 260. The summed E-state index contributed by atoms with van der Waals surface area (Å²) in [5.74, 6) is 0.0602. The lowest BCUT2D eigenvalue weighted by Gasteiger charge is -2.41. The highest BCUT2D eigenvalue weighted by atomic mass is 16.5. The van der Waals surface area contributed by atoms with E-state index in [4.69, 9.17) is 9.84 Å². The average Bonchev–Trinajstić information content (AvgIpc) is 2.30. The molecule has 2 saturated heterocycles. The molecule has 0 aliphatic carbocycles. The van der Waals surface area contributed by atoms with Crippen LogP contribution in [0.5, 0.6) is 0 Å². The van der Waals surface area contributed by atoms with Gasteiger partial charge >= 0.3 is 0 Å². The Hall–Kier alpha value is -0.650. The zero-order valence-corrected chi connectivity index (χ0v) is 9.76. The van der Waals surface area contributed by atoms with Crippen LogP contribution >= 0.6 is 0 Å². The first-order valence-corrected chi connectivity index (χ1v) is 5.91. The van der Waals surface area contributed by atoms with Crippen LogP contribution in [0.2, 0.25) is 0 Å². The summed E-state index contributed by atoms with van der Waals surface area (Å²) in [4.78, 5) is 15.9. The lowest BCUT2D eigenvalue weighted by atomic mass is 10.0.